The monoisotopic (exact) mass is 372 g/mol. The maximum atomic E-state index is 13.8. The van der Waals surface area contributed by atoms with Crippen molar-refractivity contribution in [2.45, 2.75) is 46.0 Å². The number of hydrogen-bond acceptors (Lipinski definition) is 2. The van der Waals surface area contributed by atoms with Crippen LogP contribution >= 0.6 is 0 Å². The minimum Gasteiger partial charge on any atom is -0.481 e. The summed E-state index contributed by atoms with van der Waals surface area (Å²) in [5, 5.41) is 20.1. The zero-order valence-corrected chi connectivity index (χ0v) is 15.7. The minimum atomic E-state index is -1.30. The number of rotatable bonds is 4. The van der Waals surface area contributed by atoms with Crippen LogP contribution in [0.25, 0.3) is 5.57 Å². The molecule has 1 saturated carbocycles. The van der Waals surface area contributed by atoms with Crippen LogP contribution in [0.15, 0.2) is 41.5 Å². The largest absolute Gasteiger partial charge is 0.481 e. The second-order valence-electron chi connectivity index (χ2n) is 7.71. The lowest BCUT2D eigenvalue weighted by Gasteiger charge is -2.45. The summed E-state index contributed by atoms with van der Waals surface area (Å²) in [5.74, 6) is -3.33. The lowest BCUT2D eigenvalue weighted by atomic mass is 9.57. The Labute approximate surface area is 158 Å². The van der Waals surface area contributed by atoms with Crippen molar-refractivity contribution in [1.29, 1.82) is 0 Å². The summed E-state index contributed by atoms with van der Waals surface area (Å²) < 4.78 is 13.8. The van der Waals surface area contributed by atoms with Crippen LogP contribution < -0.4 is 0 Å². The number of carboxylic acid groups (broad SMARTS) is 2. The molecule has 0 heterocycles. The standard InChI is InChI=1S/C22H25FO4/c1-13-18(15-7-6-10-17(23)11-15)12-22(21(26)27,14(2)19(13)20(24)25)16-8-4-3-5-9-16/h6-7,10-12,14,16H,3-5,8-9H2,1-2H3,(H,24,25)(H,26,27). The molecule has 0 aromatic heterocycles. The molecule has 27 heavy (non-hydrogen) atoms. The predicted molar refractivity (Wildman–Crippen MR) is 101 cm³/mol. The van der Waals surface area contributed by atoms with Gasteiger partial charge in [-0.1, -0.05) is 44.4 Å². The maximum Gasteiger partial charge on any atom is 0.332 e. The normalized spacial score (nSPS) is 26.6. The summed E-state index contributed by atoms with van der Waals surface area (Å²) in [6.45, 7) is 3.39. The Morgan fingerprint density at radius 1 is 1.15 bits per heavy atom. The highest BCUT2D eigenvalue weighted by atomic mass is 19.1. The summed E-state index contributed by atoms with van der Waals surface area (Å²) >= 11 is 0. The molecule has 1 fully saturated rings. The first kappa shape index (κ1) is 19.3. The quantitative estimate of drug-likeness (QED) is 0.787. The highest BCUT2D eigenvalue weighted by molar-refractivity contribution is 5.99. The van der Waals surface area contributed by atoms with Crippen LogP contribution in [0.1, 0.15) is 51.5 Å². The molecule has 2 N–H and O–H groups in total. The molecule has 0 saturated heterocycles. The Hall–Kier alpha value is -2.43. The fourth-order valence-corrected chi connectivity index (χ4v) is 4.96. The van der Waals surface area contributed by atoms with Crippen molar-refractivity contribution in [2.75, 3.05) is 0 Å². The molecule has 0 bridgehead atoms. The van der Waals surface area contributed by atoms with Crippen molar-refractivity contribution in [2.24, 2.45) is 17.3 Å². The van der Waals surface area contributed by atoms with Gasteiger partial charge in [-0.25, -0.2) is 9.18 Å². The summed E-state index contributed by atoms with van der Waals surface area (Å²) in [4.78, 5) is 24.6. The summed E-state index contributed by atoms with van der Waals surface area (Å²) in [7, 11) is 0. The molecular weight excluding hydrogens is 347 g/mol. The Bertz CT molecular complexity index is 832. The fraction of sp³-hybridized carbons (Fsp3) is 0.455. The van der Waals surface area contributed by atoms with E-state index in [4.69, 9.17) is 0 Å². The van der Waals surface area contributed by atoms with Crippen LogP contribution in [0.2, 0.25) is 0 Å². The minimum absolute atomic E-state index is 0.115. The highest BCUT2D eigenvalue weighted by Gasteiger charge is 2.53. The second kappa shape index (κ2) is 7.29. The number of benzene rings is 1. The van der Waals surface area contributed by atoms with Crippen molar-refractivity contribution in [1.82, 2.24) is 0 Å². The van der Waals surface area contributed by atoms with E-state index in [9.17, 15) is 24.2 Å². The molecule has 2 atom stereocenters. The highest BCUT2D eigenvalue weighted by Crippen LogP contribution is 2.53. The van der Waals surface area contributed by atoms with Gasteiger partial charge < -0.3 is 10.2 Å². The third-order valence-corrected chi connectivity index (χ3v) is 6.36. The Kier molecular flexibility index (Phi) is 5.22. The molecular formula is C22H25FO4. The predicted octanol–water partition coefficient (Wildman–Crippen LogP) is 4.91. The Balaban J connectivity index is 2.26. The van der Waals surface area contributed by atoms with Gasteiger partial charge in [0.2, 0.25) is 0 Å². The fourth-order valence-electron chi connectivity index (χ4n) is 4.96. The first-order chi connectivity index (χ1) is 12.8. The SMILES string of the molecule is CC1=C(C(=O)O)C(C)C(C(=O)O)(C2CCCCC2)C=C1c1cccc(F)c1. The Morgan fingerprint density at radius 2 is 1.81 bits per heavy atom. The van der Waals surface area contributed by atoms with E-state index in [1.165, 1.54) is 12.1 Å². The maximum absolute atomic E-state index is 13.8. The van der Waals surface area contributed by atoms with E-state index in [-0.39, 0.29) is 11.5 Å². The number of hydrogen-bond donors (Lipinski definition) is 2. The van der Waals surface area contributed by atoms with Crippen molar-refractivity contribution in [3.05, 3.63) is 52.9 Å². The van der Waals surface area contributed by atoms with Gasteiger partial charge in [0.05, 0.1) is 5.41 Å². The van der Waals surface area contributed by atoms with Crippen LogP contribution in [0, 0.1) is 23.1 Å². The van der Waals surface area contributed by atoms with Gasteiger partial charge in [0, 0.05) is 11.5 Å². The molecule has 0 radical (unpaired) electrons. The smallest absolute Gasteiger partial charge is 0.332 e. The van der Waals surface area contributed by atoms with Crippen molar-refractivity contribution in [3.63, 3.8) is 0 Å². The average Bonchev–Trinajstić information content (AvgIpc) is 2.62. The summed E-state index contributed by atoms with van der Waals surface area (Å²) in [6.07, 6.45) is 6.20. The second-order valence-corrected chi connectivity index (χ2v) is 7.71. The third kappa shape index (κ3) is 3.20. The zero-order chi connectivity index (χ0) is 19.8. The van der Waals surface area contributed by atoms with Crippen molar-refractivity contribution < 1.29 is 24.2 Å². The average molecular weight is 372 g/mol. The van der Waals surface area contributed by atoms with E-state index in [2.05, 4.69) is 0 Å². The van der Waals surface area contributed by atoms with E-state index >= 15 is 0 Å². The van der Waals surface area contributed by atoms with Crippen LogP contribution in [0.3, 0.4) is 0 Å². The van der Waals surface area contributed by atoms with Crippen LogP contribution in [0.5, 0.6) is 0 Å². The number of aliphatic carboxylic acids is 2. The van der Waals surface area contributed by atoms with E-state index < -0.39 is 29.1 Å². The van der Waals surface area contributed by atoms with Gasteiger partial charge in [-0.05, 0) is 54.5 Å². The molecule has 5 heteroatoms. The number of allylic oxidation sites excluding steroid dienone is 2. The van der Waals surface area contributed by atoms with E-state index in [1.807, 2.05) is 0 Å². The summed E-state index contributed by atoms with van der Waals surface area (Å²) in [6, 6.07) is 5.90. The van der Waals surface area contributed by atoms with E-state index in [0.717, 1.165) is 32.1 Å². The molecule has 3 rings (SSSR count). The van der Waals surface area contributed by atoms with Gasteiger partial charge in [-0.3, -0.25) is 4.79 Å². The molecule has 0 aliphatic heterocycles. The van der Waals surface area contributed by atoms with Gasteiger partial charge in [0.1, 0.15) is 5.82 Å². The molecule has 1 aromatic carbocycles. The molecule has 0 spiro atoms. The van der Waals surface area contributed by atoms with Crippen LogP contribution in [-0.2, 0) is 9.59 Å². The van der Waals surface area contributed by atoms with E-state index in [1.54, 1.807) is 32.1 Å². The van der Waals surface area contributed by atoms with E-state index in [0.29, 0.717) is 16.7 Å². The molecule has 4 nitrogen and oxygen atoms in total. The number of carbonyl (C=O) groups is 2. The lowest BCUT2D eigenvalue weighted by Crippen LogP contribution is -2.47. The van der Waals surface area contributed by atoms with Gasteiger partial charge in [0.15, 0.2) is 0 Å². The molecule has 0 amide bonds. The third-order valence-electron chi connectivity index (χ3n) is 6.36. The van der Waals surface area contributed by atoms with Gasteiger partial charge in [-0.2, -0.15) is 0 Å². The zero-order valence-electron chi connectivity index (χ0n) is 15.7. The molecule has 2 unspecified atom stereocenters. The van der Waals surface area contributed by atoms with Crippen molar-refractivity contribution in [3.8, 4) is 0 Å². The molecule has 2 aliphatic carbocycles. The molecule has 144 valence electrons. The van der Waals surface area contributed by atoms with Crippen LogP contribution in [0.4, 0.5) is 4.39 Å². The first-order valence-electron chi connectivity index (χ1n) is 9.45. The summed E-state index contributed by atoms with van der Waals surface area (Å²) in [5.41, 5.74) is 0.352. The first-order valence-corrected chi connectivity index (χ1v) is 9.45. The lowest BCUT2D eigenvalue weighted by molar-refractivity contribution is -0.153. The van der Waals surface area contributed by atoms with Crippen LogP contribution in [-0.4, -0.2) is 22.2 Å². The van der Waals surface area contributed by atoms with Gasteiger partial charge >= 0.3 is 11.9 Å². The Morgan fingerprint density at radius 3 is 2.37 bits per heavy atom. The molecule has 2 aliphatic rings. The van der Waals surface area contributed by atoms with Crippen molar-refractivity contribution >= 4 is 17.5 Å². The van der Waals surface area contributed by atoms with Gasteiger partial charge in [-0.15, -0.1) is 0 Å². The topological polar surface area (TPSA) is 74.6 Å². The van der Waals surface area contributed by atoms with Gasteiger partial charge in [0.25, 0.3) is 0 Å². The molecule has 1 aromatic rings. The number of carboxylic acids is 2. The number of halogens is 1.